The molecule has 0 saturated carbocycles. The molecule has 0 fully saturated rings. The van der Waals surface area contributed by atoms with Crippen molar-refractivity contribution >= 4 is 82.3 Å². The zero-order valence-electron chi connectivity index (χ0n) is 45.8. The quantitative estimate of drug-likeness (QED) is 0.135. The Bertz CT molecular complexity index is 5180. The van der Waals surface area contributed by atoms with Crippen LogP contribution < -0.4 is 4.90 Å². The van der Waals surface area contributed by atoms with Gasteiger partial charge >= 0.3 is 0 Å². The van der Waals surface area contributed by atoms with Gasteiger partial charge in [-0.3, -0.25) is 0 Å². The maximum Gasteiger partial charge on any atom is 0.0788 e. The van der Waals surface area contributed by atoms with Gasteiger partial charge in [-0.1, -0.05) is 224 Å². The molecule has 1 aliphatic carbocycles. The van der Waals surface area contributed by atoms with Crippen LogP contribution in [-0.2, 0) is 5.41 Å². The van der Waals surface area contributed by atoms with Crippen molar-refractivity contribution in [3.05, 3.63) is 338 Å². The van der Waals surface area contributed by atoms with Gasteiger partial charge in [0.15, 0.2) is 0 Å². The van der Waals surface area contributed by atoms with Gasteiger partial charge in [-0.15, -0.1) is 0 Å². The average molecular weight is 1070 g/mol. The summed E-state index contributed by atoms with van der Waals surface area (Å²) in [5.74, 6) is 0. The van der Waals surface area contributed by atoms with Crippen molar-refractivity contribution < 1.29 is 0 Å². The highest BCUT2D eigenvalue weighted by Crippen LogP contribution is 2.57. The second-order valence-electron chi connectivity index (χ2n) is 22.2. The van der Waals surface area contributed by atoms with Crippen molar-refractivity contribution in [2.24, 2.45) is 0 Å². The summed E-state index contributed by atoms with van der Waals surface area (Å²) in [6, 6.07) is 116. The normalized spacial score (nSPS) is 12.6. The van der Waals surface area contributed by atoms with Gasteiger partial charge in [0.1, 0.15) is 0 Å². The lowest BCUT2D eigenvalue weighted by Gasteiger charge is -2.35. The standard InChI is InChI=1S/C80H52N4/c1-5-21-56(22-6-1)80(57-23-7-2-8-24-57)70-33-17-13-29-63(70)64-48-46-62(52-71(64)80)82(60-42-37-53(38-43-60)55-41-47-66-65-30-15-19-35-73(65)84(76(66)51-55)59-27-11-4-12-28-59)61-44-39-54(40-45-61)79-69-49-50-75-78(77(69)67-31-14-18-34-72(67)81-79)68-32-16-20-36-74(68)83(75)58-25-9-3-10-26-58/h1-52H. The van der Waals surface area contributed by atoms with Crippen LogP contribution in [0.25, 0.3) is 110 Å². The molecule has 16 aromatic rings. The third-order valence-electron chi connectivity index (χ3n) is 17.8. The highest BCUT2D eigenvalue weighted by Gasteiger charge is 2.46. The predicted molar refractivity (Wildman–Crippen MR) is 351 cm³/mol. The number of hydrogen-bond acceptors (Lipinski definition) is 2. The molecular formula is C80H52N4. The molecule has 84 heavy (non-hydrogen) atoms. The topological polar surface area (TPSA) is 26.0 Å². The Balaban J connectivity index is 0.849. The summed E-state index contributed by atoms with van der Waals surface area (Å²) in [5.41, 5.74) is 22.4. The first-order valence-electron chi connectivity index (χ1n) is 28.9. The molecule has 392 valence electrons. The van der Waals surface area contributed by atoms with Crippen LogP contribution in [-0.4, -0.2) is 14.1 Å². The molecule has 3 aromatic heterocycles. The highest BCUT2D eigenvalue weighted by molar-refractivity contribution is 6.29. The lowest BCUT2D eigenvalue weighted by Crippen LogP contribution is -2.28. The van der Waals surface area contributed by atoms with Crippen molar-refractivity contribution in [1.29, 1.82) is 0 Å². The monoisotopic (exact) mass is 1070 g/mol. The zero-order chi connectivity index (χ0) is 55.3. The average Bonchev–Trinajstić information content (AvgIpc) is 2.81. The SMILES string of the molecule is c1ccc(-n2c3ccccc3c3ccc(-c4ccc(N(c5ccc(-c6nc7ccccc7c7c6ccc6c7c7ccccc7n6-c6ccccc6)cc5)c5ccc6c(c5)C(c5ccccc5)(c5ccccc5)c5ccccc5-6)cc4)cc32)cc1. The lowest BCUT2D eigenvalue weighted by atomic mass is 9.67. The molecular weight excluding hydrogens is 1020 g/mol. The third-order valence-corrected chi connectivity index (χ3v) is 17.8. The molecule has 4 heteroatoms. The Kier molecular flexibility index (Phi) is 10.8. The number of pyridine rings is 1. The minimum Gasteiger partial charge on any atom is -0.310 e. The van der Waals surface area contributed by atoms with Gasteiger partial charge in [0.05, 0.1) is 38.7 Å². The molecule has 0 unspecified atom stereocenters. The van der Waals surface area contributed by atoms with Gasteiger partial charge in [-0.05, 0) is 136 Å². The summed E-state index contributed by atoms with van der Waals surface area (Å²) >= 11 is 0. The smallest absolute Gasteiger partial charge is 0.0788 e. The van der Waals surface area contributed by atoms with Gasteiger partial charge in [0.2, 0.25) is 0 Å². The Morgan fingerprint density at radius 2 is 0.774 bits per heavy atom. The van der Waals surface area contributed by atoms with Crippen molar-refractivity contribution in [3.8, 4) is 44.9 Å². The fourth-order valence-electron chi connectivity index (χ4n) is 14.2. The van der Waals surface area contributed by atoms with Crippen LogP contribution in [0.3, 0.4) is 0 Å². The van der Waals surface area contributed by atoms with E-state index in [0.29, 0.717) is 0 Å². The van der Waals surface area contributed by atoms with E-state index < -0.39 is 5.41 Å². The van der Waals surface area contributed by atoms with Crippen molar-refractivity contribution in [1.82, 2.24) is 14.1 Å². The van der Waals surface area contributed by atoms with Gasteiger partial charge in [0.25, 0.3) is 0 Å². The van der Waals surface area contributed by atoms with Gasteiger partial charge < -0.3 is 14.0 Å². The Hall–Kier alpha value is -11.1. The molecule has 0 N–H and O–H groups in total. The highest BCUT2D eigenvalue weighted by atomic mass is 15.1. The zero-order valence-corrected chi connectivity index (χ0v) is 45.8. The molecule has 0 saturated heterocycles. The Labute approximate surface area is 486 Å². The van der Waals surface area contributed by atoms with Crippen LogP contribution in [0.15, 0.2) is 315 Å². The van der Waals surface area contributed by atoms with Gasteiger partial charge in [-0.25, -0.2) is 4.98 Å². The minimum atomic E-state index is -0.563. The van der Waals surface area contributed by atoms with E-state index in [1.807, 2.05) is 0 Å². The van der Waals surface area contributed by atoms with Crippen molar-refractivity contribution in [2.75, 3.05) is 4.90 Å². The molecule has 0 aliphatic heterocycles. The fraction of sp³-hybridized carbons (Fsp3) is 0.0125. The first-order valence-corrected chi connectivity index (χ1v) is 28.9. The van der Waals surface area contributed by atoms with Crippen LogP contribution in [0, 0.1) is 0 Å². The summed E-state index contributed by atoms with van der Waals surface area (Å²) in [6.07, 6.45) is 0. The minimum absolute atomic E-state index is 0.563. The fourth-order valence-corrected chi connectivity index (χ4v) is 14.2. The molecule has 3 heterocycles. The van der Waals surface area contributed by atoms with E-state index in [4.69, 9.17) is 4.98 Å². The van der Waals surface area contributed by atoms with E-state index in [0.717, 1.165) is 67.1 Å². The van der Waals surface area contributed by atoms with Crippen LogP contribution in [0.2, 0.25) is 0 Å². The number of aromatic nitrogens is 3. The maximum absolute atomic E-state index is 5.52. The van der Waals surface area contributed by atoms with Crippen molar-refractivity contribution in [2.45, 2.75) is 5.41 Å². The largest absolute Gasteiger partial charge is 0.310 e. The molecule has 1 aliphatic rings. The number of hydrogen-bond donors (Lipinski definition) is 0. The van der Waals surface area contributed by atoms with Crippen LogP contribution in [0.5, 0.6) is 0 Å². The lowest BCUT2D eigenvalue weighted by molar-refractivity contribution is 0.768. The van der Waals surface area contributed by atoms with Crippen LogP contribution >= 0.6 is 0 Å². The summed E-state index contributed by atoms with van der Waals surface area (Å²) in [4.78, 5) is 7.95. The Morgan fingerprint density at radius 3 is 1.45 bits per heavy atom. The van der Waals surface area contributed by atoms with E-state index in [2.05, 4.69) is 329 Å². The number of para-hydroxylation sites is 5. The van der Waals surface area contributed by atoms with Crippen LogP contribution in [0.1, 0.15) is 22.3 Å². The molecule has 0 atom stereocenters. The number of rotatable bonds is 9. The summed E-state index contributed by atoms with van der Waals surface area (Å²) in [7, 11) is 0. The van der Waals surface area contributed by atoms with Gasteiger partial charge in [0, 0.05) is 71.7 Å². The number of nitrogens with zero attached hydrogens (tertiary/aromatic N) is 4. The first-order chi connectivity index (χ1) is 41.7. The maximum atomic E-state index is 5.52. The second kappa shape index (κ2) is 19.0. The summed E-state index contributed by atoms with van der Waals surface area (Å²) in [6.45, 7) is 0. The molecule has 0 radical (unpaired) electrons. The van der Waals surface area contributed by atoms with E-state index in [9.17, 15) is 0 Å². The number of benzene rings is 13. The van der Waals surface area contributed by atoms with E-state index in [1.54, 1.807) is 0 Å². The molecule has 4 nitrogen and oxygen atoms in total. The number of anilines is 3. The molecule has 17 rings (SSSR count). The number of fused-ring (bicyclic) bond motifs is 13. The first kappa shape index (κ1) is 47.7. The molecule has 13 aromatic carbocycles. The third kappa shape index (κ3) is 7.17. The van der Waals surface area contributed by atoms with E-state index >= 15 is 0 Å². The molecule has 0 bridgehead atoms. The van der Waals surface area contributed by atoms with E-state index in [-0.39, 0.29) is 0 Å². The van der Waals surface area contributed by atoms with E-state index in [1.165, 1.54) is 82.4 Å². The summed E-state index contributed by atoms with van der Waals surface area (Å²) < 4.78 is 4.80. The second-order valence-corrected chi connectivity index (χ2v) is 22.2. The van der Waals surface area contributed by atoms with Gasteiger partial charge in [-0.2, -0.15) is 0 Å². The summed E-state index contributed by atoms with van der Waals surface area (Å²) in [5, 5.41) is 8.41. The predicted octanol–water partition coefficient (Wildman–Crippen LogP) is 20.7. The van der Waals surface area contributed by atoms with Crippen molar-refractivity contribution in [3.63, 3.8) is 0 Å². The molecule has 0 amide bonds. The Morgan fingerprint density at radius 1 is 0.286 bits per heavy atom. The molecule has 0 spiro atoms. The van der Waals surface area contributed by atoms with Crippen LogP contribution in [0.4, 0.5) is 17.1 Å².